The van der Waals surface area contributed by atoms with Gasteiger partial charge in [0, 0.05) is 42.6 Å². The van der Waals surface area contributed by atoms with Crippen LogP contribution in [0.5, 0.6) is 11.5 Å². The Morgan fingerprint density at radius 3 is 1.91 bits per heavy atom. The molecule has 2 bridgehead atoms. The van der Waals surface area contributed by atoms with Crippen LogP contribution in [0.25, 0.3) is 0 Å². The first-order chi connectivity index (χ1) is 38.8. The fourth-order valence-corrected chi connectivity index (χ4v) is 11.9. The Labute approximate surface area is 479 Å². The summed E-state index contributed by atoms with van der Waals surface area (Å²) in [6, 6.07) is 9.55. The zero-order chi connectivity index (χ0) is 58.6. The third kappa shape index (κ3) is 19.1. The summed E-state index contributed by atoms with van der Waals surface area (Å²) in [5.41, 5.74) is 19.8. The molecule has 3 aromatic carbocycles. The van der Waals surface area contributed by atoms with Gasteiger partial charge in [-0.1, -0.05) is 69.6 Å². The summed E-state index contributed by atoms with van der Waals surface area (Å²) >= 11 is 6.08. The van der Waals surface area contributed by atoms with E-state index in [0.717, 1.165) is 21.6 Å². The minimum absolute atomic E-state index is 0.0101. The maximum Gasteiger partial charge on any atom is 0.252 e. The second-order valence-electron chi connectivity index (χ2n) is 19.5. The van der Waals surface area contributed by atoms with Crippen molar-refractivity contribution in [3.8, 4) is 11.5 Å². The number of hydrogen-bond donors (Lipinski definition) is 14. The Balaban J connectivity index is 1.35. The van der Waals surface area contributed by atoms with Gasteiger partial charge in [0.2, 0.25) is 47.3 Å². The molecule has 0 saturated carbocycles. The predicted molar refractivity (Wildman–Crippen MR) is 303 cm³/mol. The highest BCUT2D eigenvalue weighted by Crippen LogP contribution is 2.35. The van der Waals surface area contributed by atoms with E-state index in [2.05, 4.69) is 47.5 Å². The van der Waals surface area contributed by atoms with E-state index in [-0.39, 0.29) is 74.8 Å². The molecule has 81 heavy (non-hydrogen) atoms. The number of phenolic OH excluding ortho intramolecular Hbond substituents is 2. The van der Waals surface area contributed by atoms with Gasteiger partial charge in [-0.3, -0.25) is 48.1 Å². The van der Waals surface area contributed by atoms with Gasteiger partial charge in [0.25, 0.3) is 5.91 Å². The maximum absolute atomic E-state index is 14.7. The molecule has 2 aliphatic rings. The Bertz CT molecular complexity index is 2830. The second kappa shape index (κ2) is 30.9. The quantitative estimate of drug-likeness (QED) is 0.0360. The number of amides is 9. The highest BCUT2D eigenvalue weighted by atomic mass is 35.5. The number of aromatic hydroxyl groups is 2. The van der Waals surface area contributed by atoms with Crippen LogP contribution in [-0.2, 0) is 57.6 Å². The van der Waals surface area contributed by atoms with Crippen LogP contribution in [0.1, 0.15) is 65.6 Å². The number of piperidine rings is 1. The van der Waals surface area contributed by atoms with Crippen LogP contribution in [0, 0.1) is 0 Å². The number of nitrogens with two attached hydrogens (primary N) is 3. The lowest BCUT2D eigenvalue weighted by molar-refractivity contribution is -0.140. The molecule has 2 saturated heterocycles. The van der Waals surface area contributed by atoms with Gasteiger partial charge in [-0.25, -0.2) is 0 Å². The van der Waals surface area contributed by atoms with E-state index in [0.29, 0.717) is 46.5 Å². The van der Waals surface area contributed by atoms with Crippen LogP contribution in [0.2, 0.25) is 5.02 Å². The summed E-state index contributed by atoms with van der Waals surface area (Å²) < 4.78 is 0. The van der Waals surface area contributed by atoms with Crippen molar-refractivity contribution in [1.82, 2.24) is 47.5 Å². The maximum atomic E-state index is 14.7. The highest BCUT2D eigenvalue weighted by Gasteiger charge is 2.49. The zero-order valence-corrected chi connectivity index (χ0v) is 46.3. The van der Waals surface area contributed by atoms with Crippen LogP contribution in [-0.4, -0.2) is 152 Å². The molecule has 0 aliphatic carbocycles. The number of hydrogen-bond acceptors (Lipinski definition) is 17. The van der Waals surface area contributed by atoms with Gasteiger partial charge >= 0.3 is 0 Å². The Hall–Kier alpha value is -7.49. The fraction of sp³-hybridized carbons (Fsp3) is 0.407. The van der Waals surface area contributed by atoms with Crippen molar-refractivity contribution in [2.24, 2.45) is 17.2 Å². The van der Waals surface area contributed by atoms with Gasteiger partial charge in [-0.2, -0.15) is 0 Å². The number of aromatic nitrogens is 1. The minimum atomic E-state index is -1.88. The molecule has 17 N–H and O–H groups in total. The van der Waals surface area contributed by atoms with Crippen LogP contribution in [0.4, 0.5) is 0 Å². The molecule has 434 valence electrons. The Morgan fingerprint density at radius 1 is 0.716 bits per heavy atom. The minimum Gasteiger partial charge on any atom is -0.508 e. The first kappa shape index (κ1) is 62.7. The Morgan fingerprint density at radius 2 is 1.30 bits per heavy atom. The molecular formula is C54H67ClN12O12S2. The molecule has 9 amide bonds. The molecule has 1 aromatic heterocycles. The van der Waals surface area contributed by atoms with E-state index >= 15 is 0 Å². The molecule has 3 heterocycles. The number of halogens is 1. The second-order valence-corrected chi connectivity index (χ2v) is 22.5. The highest BCUT2D eigenvalue weighted by molar-refractivity contribution is 8.77. The SMILES string of the molecule is NCCCC[C@@H]1NC(=O)[C@@H](CCCCNC(=O)c2cccnc2)NC(=O)[C@H](Cc2ccc(O)cc2)NC(=O)[C@H](NC(=O)[C@@H](N)Cc2ccc(Cl)cc2)CSSC2[C@@H](C(=O)N[C@H](Cc3ccc(O)cc3)C(N)=O)NC(=O)[C@@H](NC1=O)[C@@H]2O. The van der Waals surface area contributed by atoms with Crippen LogP contribution < -0.4 is 59.7 Å². The van der Waals surface area contributed by atoms with Gasteiger partial charge in [0.15, 0.2) is 0 Å². The van der Waals surface area contributed by atoms with Crippen molar-refractivity contribution in [2.75, 3.05) is 18.8 Å². The molecule has 6 rings (SSSR count). The number of aliphatic hydroxyl groups excluding tert-OH is 1. The number of rotatable bonds is 21. The van der Waals surface area contributed by atoms with Gasteiger partial charge in [0.05, 0.1) is 23.0 Å². The van der Waals surface area contributed by atoms with Gasteiger partial charge < -0.3 is 75.1 Å². The fourth-order valence-electron chi connectivity index (χ4n) is 8.76. The molecular weight excluding hydrogens is 1110 g/mol. The number of benzene rings is 3. The molecule has 0 spiro atoms. The topological polar surface area (TPSA) is 402 Å². The molecule has 27 heteroatoms. The number of fused-ring (bicyclic) bond motifs is 2. The molecule has 4 aromatic rings. The molecule has 10 atom stereocenters. The summed E-state index contributed by atoms with van der Waals surface area (Å²) in [6.07, 6.45) is 1.88. The number of phenols is 2. The van der Waals surface area contributed by atoms with E-state index < -0.39 is 107 Å². The van der Waals surface area contributed by atoms with Crippen molar-refractivity contribution >= 4 is 86.4 Å². The van der Waals surface area contributed by atoms with Crippen molar-refractivity contribution in [1.29, 1.82) is 0 Å². The number of primary amides is 1. The van der Waals surface area contributed by atoms with Crippen molar-refractivity contribution in [3.63, 3.8) is 0 Å². The van der Waals surface area contributed by atoms with Crippen molar-refractivity contribution in [2.45, 2.75) is 117 Å². The predicted octanol–water partition coefficient (Wildman–Crippen LogP) is -0.752. The van der Waals surface area contributed by atoms with Crippen molar-refractivity contribution < 1.29 is 58.5 Å². The monoisotopic (exact) mass is 1170 g/mol. The van der Waals surface area contributed by atoms with Gasteiger partial charge in [-0.15, -0.1) is 0 Å². The summed E-state index contributed by atoms with van der Waals surface area (Å²) in [4.78, 5) is 130. The van der Waals surface area contributed by atoms with E-state index in [1.807, 2.05) is 0 Å². The summed E-state index contributed by atoms with van der Waals surface area (Å²) in [5.74, 6) is -8.14. The number of aliphatic hydroxyl groups is 1. The molecule has 2 aliphatic heterocycles. The van der Waals surface area contributed by atoms with Crippen LogP contribution >= 0.6 is 33.2 Å². The lowest BCUT2D eigenvalue weighted by atomic mass is 9.94. The van der Waals surface area contributed by atoms with E-state index in [9.17, 15) is 58.5 Å². The third-order valence-electron chi connectivity index (χ3n) is 13.3. The first-order valence-electron chi connectivity index (χ1n) is 26.1. The van der Waals surface area contributed by atoms with Gasteiger partial charge in [-0.05, 0) is 117 Å². The lowest BCUT2D eigenvalue weighted by Gasteiger charge is -2.40. The average Bonchev–Trinajstić information content (AvgIpc) is 3.65. The molecule has 0 radical (unpaired) electrons. The Kier molecular flexibility index (Phi) is 23.9. The van der Waals surface area contributed by atoms with Crippen LogP contribution in [0.15, 0.2) is 97.3 Å². The largest absolute Gasteiger partial charge is 0.508 e. The zero-order valence-electron chi connectivity index (χ0n) is 43.9. The third-order valence-corrected chi connectivity index (χ3v) is 16.4. The number of pyridine rings is 1. The molecule has 2 fully saturated rings. The molecule has 24 nitrogen and oxygen atoms in total. The number of nitrogens with one attached hydrogen (secondary N) is 8. The first-order valence-corrected chi connectivity index (χ1v) is 28.9. The standard InChI is InChI=1S/C54H67ClN12O12S2/c55-33-15-9-29(10-16-33)24-36(57)48(73)65-41-28-80-81-45-43(54(79)63-39(46(58)71)25-30-11-17-34(68)18-12-30)67-53(78)42(44(45)70)66-50(75)38(7-1-3-21-56)61-49(74)37(8-2-4-23-60-47(72)32-6-5-22-59-27-32)62-51(76)40(64-52(41)77)26-31-13-19-35(69)20-14-31/h5-6,9-20,22,27,36-45,68-70H,1-4,7-8,21,23-26,28,56-57H2,(H2,58,71)(H,60,72)(H,61,74)(H,62,76)(H,63,79)(H,64,77)(H,65,73)(H,66,75)(H,67,78)/t36-,37+,38-,39+,40-,41+,42-,43-,44-,45?/m0/s1. The normalized spacial score (nSPS) is 22.6. The number of nitrogens with zero attached hydrogens (tertiary/aromatic N) is 1. The molecule has 1 unspecified atom stereocenters. The summed E-state index contributed by atoms with van der Waals surface area (Å²) in [7, 11) is 1.67. The number of carbonyl (C=O) groups excluding carboxylic acids is 9. The average molecular weight is 1180 g/mol. The number of carbonyl (C=O) groups is 9. The van der Waals surface area contributed by atoms with Crippen molar-refractivity contribution in [3.05, 3.63) is 125 Å². The lowest BCUT2D eigenvalue weighted by Crippen LogP contribution is -2.71. The smallest absolute Gasteiger partial charge is 0.252 e. The van der Waals surface area contributed by atoms with E-state index in [1.165, 1.54) is 60.9 Å². The summed E-state index contributed by atoms with van der Waals surface area (Å²) in [6.45, 7) is 0.385. The van der Waals surface area contributed by atoms with Crippen LogP contribution in [0.3, 0.4) is 0 Å². The van der Waals surface area contributed by atoms with Gasteiger partial charge in [0.1, 0.15) is 53.8 Å². The van der Waals surface area contributed by atoms with E-state index in [1.54, 1.807) is 36.4 Å². The number of unbranched alkanes of at least 4 members (excludes halogenated alkanes) is 2. The van der Waals surface area contributed by atoms with E-state index in [4.69, 9.17) is 28.8 Å². The summed E-state index contributed by atoms with van der Waals surface area (Å²) in [5, 5.41) is 52.4.